The van der Waals surface area contributed by atoms with Gasteiger partial charge >= 0.3 is 5.97 Å². The minimum atomic E-state index is -0.678. The van der Waals surface area contributed by atoms with Crippen LogP contribution >= 0.6 is 11.6 Å². The Hall–Kier alpha value is -0.830. The second kappa shape index (κ2) is 4.06. The number of carbonyl (C=O) groups is 2. The lowest BCUT2D eigenvalue weighted by molar-refractivity contribution is -0.136. The fraction of sp³-hybridized carbons (Fsp3) is 0.333. The zero-order valence-electron chi connectivity index (χ0n) is 5.68. The van der Waals surface area contributed by atoms with Gasteiger partial charge in [-0.3, -0.25) is 4.79 Å². The highest BCUT2D eigenvalue weighted by atomic mass is 35.5. The van der Waals surface area contributed by atoms with Crippen molar-refractivity contribution in [3.05, 3.63) is 11.6 Å². The maximum Gasteiger partial charge on any atom is 0.333 e. The molecule has 0 aromatic rings. The lowest BCUT2D eigenvalue weighted by Gasteiger charge is -1.94. The van der Waals surface area contributed by atoms with Crippen molar-refractivity contribution < 1.29 is 14.3 Å². The SMILES string of the molecule is COC(=O)C(C)=CC(=O)Cl. The molecule has 0 aromatic carbocycles. The number of rotatable bonds is 2. The van der Waals surface area contributed by atoms with Crippen molar-refractivity contribution in [2.75, 3.05) is 7.11 Å². The van der Waals surface area contributed by atoms with E-state index in [0.29, 0.717) is 0 Å². The maximum atomic E-state index is 10.5. The van der Waals surface area contributed by atoms with Gasteiger partial charge in [0.15, 0.2) is 0 Å². The van der Waals surface area contributed by atoms with Crippen LogP contribution in [0.25, 0.3) is 0 Å². The summed E-state index contributed by atoms with van der Waals surface area (Å²) in [7, 11) is 1.23. The van der Waals surface area contributed by atoms with E-state index in [1.54, 1.807) is 0 Å². The van der Waals surface area contributed by atoms with Gasteiger partial charge in [-0.1, -0.05) is 0 Å². The smallest absolute Gasteiger partial charge is 0.333 e. The number of halogens is 1. The van der Waals surface area contributed by atoms with Crippen molar-refractivity contribution in [2.45, 2.75) is 6.92 Å². The summed E-state index contributed by atoms with van der Waals surface area (Å²) in [6, 6.07) is 0. The molecular formula is C6H7ClO3. The van der Waals surface area contributed by atoms with Crippen LogP contribution in [0.5, 0.6) is 0 Å². The Kier molecular flexibility index (Phi) is 3.72. The van der Waals surface area contributed by atoms with Crippen molar-refractivity contribution >= 4 is 22.8 Å². The van der Waals surface area contributed by atoms with Crippen molar-refractivity contribution in [3.63, 3.8) is 0 Å². The molecule has 0 heterocycles. The first-order valence-electron chi connectivity index (χ1n) is 2.54. The molecule has 0 aromatic heterocycles. The molecule has 0 amide bonds. The maximum absolute atomic E-state index is 10.5. The quantitative estimate of drug-likeness (QED) is 0.344. The van der Waals surface area contributed by atoms with Crippen molar-refractivity contribution in [2.24, 2.45) is 0 Å². The highest BCUT2D eigenvalue weighted by Gasteiger charge is 2.03. The molecule has 0 aliphatic rings. The third-order valence-corrected chi connectivity index (χ3v) is 0.946. The van der Waals surface area contributed by atoms with Gasteiger partial charge in [0.05, 0.1) is 7.11 Å². The Labute approximate surface area is 63.6 Å². The molecule has 0 spiro atoms. The molecule has 0 atom stereocenters. The van der Waals surface area contributed by atoms with E-state index in [4.69, 9.17) is 11.6 Å². The molecule has 0 saturated heterocycles. The van der Waals surface area contributed by atoms with E-state index in [2.05, 4.69) is 4.74 Å². The third kappa shape index (κ3) is 3.25. The van der Waals surface area contributed by atoms with Gasteiger partial charge in [-0.2, -0.15) is 0 Å². The van der Waals surface area contributed by atoms with Gasteiger partial charge in [0.25, 0.3) is 0 Å². The molecule has 0 unspecified atom stereocenters. The first-order valence-corrected chi connectivity index (χ1v) is 2.91. The number of hydrogen-bond donors (Lipinski definition) is 0. The summed E-state index contributed by atoms with van der Waals surface area (Å²) in [5, 5.41) is -0.678. The molecule has 0 bridgehead atoms. The highest BCUT2D eigenvalue weighted by molar-refractivity contribution is 6.66. The van der Waals surface area contributed by atoms with Gasteiger partial charge in [0.1, 0.15) is 0 Å². The fourth-order valence-electron chi connectivity index (χ4n) is 0.390. The molecule has 0 N–H and O–H groups in total. The molecule has 3 nitrogen and oxygen atoms in total. The van der Waals surface area contributed by atoms with Crippen LogP contribution in [0.2, 0.25) is 0 Å². The minimum Gasteiger partial charge on any atom is -0.466 e. The number of methoxy groups -OCH3 is 1. The van der Waals surface area contributed by atoms with Crippen LogP contribution < -0.4 is 0 Å². The van der Waals surface area contributed by atoms with E-state index < -0.39 is 11.2 Å². The van der Waals surface area contributed by atoms with Gasteiger partial charge in [-0.25, -0.2) is 4.79 Å². The Morgan fingerprint density at radius 1 is 1.50 bits per heavy atom. The molecule has 0 aliphatic carbocycles. The zero-order valence-corrected chi connectivity index (χ0v) is 6.44. The minimum absolute atomic E-state index is 0.197. The summed E-state index contributed by atoms with van der Waals surface area (Å²) in [5.41, 5.74) is 0.197. The average molecular weight is 163 g/mol. The molecule has 0 fully saturated rings. The van der Waals surface area contributed by atoms with E-state index in [9.17, 15) is 9.59 Å². The van der Waals surface area contributed by atoms with Crippen LogP contribution in [0, 0.1) is 0 Å². The number of hydrogen-bond acceptors (Lipinski definition) is 3. The van der Waals surface area contributed by atoms with E-state index in [0.717, 1.165) is 6.08 Å². The lowest BCUT2D eigenvalue weighted by atomic mass is 10.3. The number of esters is 1. The Morgan fingerprint density at radius 2 is 2.00 bits per heavy atom. The summed E-state index contributed by atoms with van der Waals surface area (Å²) in [5.74, 6) is -0.547. The first kappa shape index (κ1) is 9.17. The fourth-order valence-corrected chi connectivity index (χ4v) is 0.554. The van der Waals surface area contributed by atoms with Gasteiger partial charge < -0.3 is 4.74 Å². The molecule has 0 rings (SSSR count). The second-order valence-corrected chi connectivity index (χ2v) is 2.00. The zero-order chi connectivity index (χ0) is 8.15. The topological polar surface area (TPSA) is 43.4 Å². The molecule has 4 heteroatoms. The summed E-state index contributed by atoms with van der Waals surface area (Å²) in [4.78, 5) is 20.7. The van der Waals surface area contributed by atoms with Crippen LogP contribution in [0.1, 0.15) is 6.92 Å². The van der Waals surface area contributed by atoms with Gasteiger partial charge in [0, 0.05) is 11.6 Å². The monoisotopic (exact) mass is 162 g/mol. The Bertz CT molecular complexity index is 183. The predicted molar refractivity (Wildman–Crippen MR) is 36.6 cm³/mol. The largest absolute Gasteiger partial charge is 0.466 e. The normalized spacial score (nSPS) is 10.9. The highest BCUT2D eigenvalue weighted by Crippen LogP contribution is 1.96. The molecule has 0 radical (unpaired) electrons. The summed E-state index contributed by atoms with van der Waals surface area (Å²) < 4.78 is 4.29. The third-order valence-electron chi connectivity index (χ3n) is 0.837. The predicted octanol–water partition coefficient (Wildman–Crippen LogP) is 0.871. The first-order chi connectivity index (χ1) is 4.57. The Morgan fingerprint density at radius 3 is 2.30 bits per heavy atom. The summed E-state index contributed by atoms with van der Waals surface area (Å²) in [6.07, 6.45) is 1.01. The van der Waals surface area contributed by atoms with E-state index in [-0.39, 0.29) is 5.57 Å². The van der Waals surface area contributed by atoms with Gasteiger partial charge in [-0.15, -0.1) is 0 Å². The van der Waals surface area contributed by atoms with Crippen molar-refractivity contribution in [3.8, 4) is 0 Å². The second-order valence-electron chi connectivity index (χ2n) is 1.62. The number of carbonyl (C=O) groups excluding carboxylic acids is 2. The van der Waals surface area contributed by atoms with Crippen LogP contribution in [0.15, 0.2) is 11.6 Å². The van der Waals surface area contributed by atoms with E-state index in [1.807, 2.05) is 0 Å². The van der Waals surface area contributed by atoms with Gasteiger partial charge in [0.2, 0.25) is 5.24 Å². The average Bonchev–Trinajstić information content (AvgIpc) is 1.85. The van der Waals surface area contributed by atoms with Crippen LogP contribution in [0.3, 0.4) is 0 Å². The molecule has 0 saturated carbocycles. The molecule has 56 valence electrons. The Balaban J connectivity index is 4.19. The van der Waals surface area contributed by atoms with Gasteiger partial charge in [-0.05, 0) is 18.5 Å². The standard InChI is InChI=1S/C6H7ClO3/c1-4(3-5(7)8)6(9)10-2/h3H,1-2H3. The van der Waals surface area contributed by atoms with Crippen molar-refractivity contribution in [1.29, 1.82) is 0 Å². The number of allylic oxidation sites excluding steroid dienone is 1. The van der Waals surface area contributed by atoms with Crippen LogP contribution in [-0.4, -0.2) is 18.3 Å². The molecular weight excluding hydrogens is 156 g/mol. The van der Waals surface area contributed by atoms with Crippen LogP contribution in [-0.2, 0) is 14.3 Å². The molecule has 10 heavy (non-hydrogen) atoms. The molecule has 0 aliphatic heterocycles. The van der Waals surface area contributed by atoms with Crippen molar-refractivity contribution in [1.82, 2.24) is 0 Å². The van der Waals surface area contributed by atoms with Crippen LogP contribution in [0.4, 0.5) is 0 Å². The van der Waals surface area contributed by atoms with E-state index >= 15 is 0 Å². The van der Waals surface area contributed by atoms with E-state index in [1.165, 1.54) is 14.0 Å². The lowest BCUT2D eigenvalue weighted by Crippen LogP contribution is -2.02. The summed E-state index contributed by atoms with van der Waals surface area (Å²) in [6.45, 7) is 1.45. The summed E-state index contributed by atoms with van der Waals surface area (Å²) >= 11 is 4.95. The number of ether oxygens (including phenoxy) is 1.